The Labute approximate surface area is 67.4 Å². The molecule has 1 amide bonds. The quantitative estimate of drug-likeness (QED) is 0.624. The van der Waals surface area contributed by atoms with Crippen LogP contribution in [0.5, 0.6) is 0 Å². The third-order valence-electron chi connectivity index (χ3n) is 1.71. The molecule has 0 aliphatic carbocycles. The average molecular weight is 160 g/mol. The molecule has 0 saturated heterocycles. The lowest BCUT2D eigenvalue weighted by atomic mass is 10.3. The van der Waals surface area contributed by atoms with Gasteiger partial charge in [0.05, 0.1) is 6.17 Å². The fourth-order valence-corrected chi connectivity index (χ4v) is 1.11. The molecular weight excluding hydrogens is 144 g/mol. The smallest absolute Gasteiger partial charge is 0.408 e. The molecule has 1 atom stereocenters. The summed E-state index contributed by atoms with van der Waals surface area (Å²) in [5.41, 5.74) is 0. The molecule has 11 heavy (non-hydrogen) atoms. The normalized spacial score (nSPS) is 13.2. The van der Waals surface area contributed by atoms with Gasteiger partial charge < -0.3 is 5.11 Å². The van der Waals surface area contributed by atoms with E-state index in [1.165, 1.54) is 4.90 Å². The van der Waals surface area contributed by atoms with Crippen LogP contribution in [-0.4, -0.2) is 48.3 Å². The summed E-state index contributed by atoms with van der Waals surface area (Å²) >= 11 is 0. The van der Waals surface area contributed by atoms with Crippen LogP contribution in [0.3, 0.4) is 0 Å². The van der Waals surface area contributed by atoms with Gasteiger partial charge in [-0.2, -0.15) is 0 Å². The highest BCUT2D eigenvalue weighted by atomic mass is 16.4. The number of amides is 1. The predicted molar refractivity (Wildman–Crippen MR) is 43.6 cm³/mol. The van der Waals surface area contributed by atoms with Gasteiger partial charge in [0.2, 0.25) is 0 Å². The zero-order valence-corrected chi connectivity index (χ0v) is 7.53. The van der Waals surface area contributed by atoms with Crippen LogP contribution in [0.15, 0.2) is 0 Å². The van der Waals surface area contributed by atoms with Gasteiger partial charge in [0.1, 0.15) is 0 Å². The van der Waals surface area contributed by atoms with Crippen LogP contribution in [0.25, 0.3) is 0 Å². The number of hydrogen-bond acceptors (Lipinski definition) is 2. The van der Waals surface area contributed by atoms with Crippen molar-refractivity contribution in [3.63, 3.8) is 0 Å². The van der Waals surface area contributed by atoms with Gasteiger partial charge in [-0.25, -0.2) is 4.79 Å². The van der Waals surface area contributed by atoms with Crippen molar-refractivity contribution in [1.82, 2.24) is 9.80 Å². The summed E-state index contributed by atoms with van der Waals surface area (Å²) < 4.78 is 0. The summed E-state index contributed by atoms with van der Waals surface area (Å²) in [5.74, 6) is 0. The number of nitrogens with zero attached hydrogens (tertiary/aromatic N) is 2. The van der Waals surface area contributed by atoms with E-state index < -0.39 is 6.09 Å². The van der Waals surface area contributed by atoms with E-state index in [4.69, 9.17) is 5.11 Å². The molecular formula is C7H16N2O2. The molecule has 66 valence electrons. The lowest BCUT2D eigenvalue weighted by Gasteiger charge is -2.30. The van der Waals surface area contributed by atoms with Crippen LogP contribution in [0, 0.1) is 0 Å². The van der Waals surface area contributed by atoms with Crippen molar-refractivity contribution < 1.29 is 9.90 Å². The number of carboxylic acid groups (broad SMARTS) is 1. The molecule has 0 aliphatic rings. The number of carbonyl (C=O) groups is 1. The molecule has 0 radical (unpaired) electrons. The number of rotatable bonds is 3. The topological polar surface area (TPSA) is 43.8 Å². The lowest BCUT2D eigenvalue weighted by Crippen LogP contribution is -2.44. The Morgan fingerprint density at radius 3 is 2.00 bits per heavy atom. The summed E-state index contributed by atoms with van der Waals surface area (Å²) in [4.78, 5) is 13.7. The van der Waals surface area contributed by atoms with Gasteiger partial charge in [-0.3, -0.25) is 9.80 Å². The van der Waals surface area contributed by atoms with Crippen LogP contribution in [0.2, 0.25) is 0 Å². The first-order valence-corrected chi connectivity index (χ1v) is 3.62. The second kappa shape index (κ2) is 4.18. The molecule has 4 heteroatoms. The maximum absolute atomic E-state index is 10.5. The van der Waals surface area contributed by atoms with E-state index in [0.29, 0.717) is 0 Å². The zero-order valence-electron chi connectivity index (χ0n) is 7.53. The molecule has 0 spiro atoms. The first-order valence-electron chi connectivity index (χ1n) is 3.62. The highest BCUT2D eigenvalue weighted by Crippen LogP contribution is 2.03. The standard InChI is InChI=1S/C7H16N2O2/c1-5-6(8(2)3)9(4)7(10)11/h6H,5H2,1-4H3,(H,10,11). The first kappa shape index (κ1) is 10.2. The Bertz CT molecular complexity index is 136. The van der Waals surface area contributed by atoms with Crippen molar-refractivity contribution in [2.75, 3.05) is 21.1 Å². The van der Waals surface area contributed by atoms with Crippen molar-refractivity contribution in [2.24, 2.45) is 0 Å². The second-order valence-corrected chi connectivity index (χ2v) is 2.75. The fourth-order valence-electron chi connectivity index (χ4n) is 1.11. The predicted octanol–water partition coefficient (Wildman–Crippen LogP) is 0.894. The van der Waals surface area contributed by atoms with Crippen molar-refractivity contribution in [1.29, 1.82) is 0 Å². The van der Waals surface area contributed by atoms with E-state index in [1.54, 1.807) is 7.05 Å². The molecule has 0 aromatic rings. The third kappa shape index (κ3) is 2.76. The summed E-state index contributed by atoms with van der Waals surface area (Å²) in [6, 6.07) is 0. The molecule has 0 aliphatic heterocycles. The molecule has 0 rings (SSSR count). The van der Waals surface area contributed by atoms with Crippen LogP contribution in [0.1, 0.15) is 13.3 Å². The molecule has 0 heterocycles. The molecule has 0 aromatic heterocycles. The van der Waals surface area contributed by atoms with Gasteiger partial charge in [0.25, 0.3) is 0 Å². The van der Waals surface area contributed by atoms with E-state index >= 15 is 0 Å². The minimum atomic E-state index is -0.884. The second-order valence-electron chi connectivity index (χ2n) is 2.75. The minimum absolute atomic E-state index is 0.0208. The summed E-state index contributed by atoms with van der Waals surface area (Å²) in [7, 11) is 5.32. The fraction of sp³-hybridized carbons (Fsp3) is 0.857. The van der Waals surface area contributed by atoms with Crippen LogP contribution in [-0.2, 0) is 0 Å². The maximum Gasteiger partial charge on any atom is 0.408 e. The molecule has 1 N–H and O–H groups in total. The third-order valence-corrected chi connectivity index (χ3v) is 1.71. The van der Waals surface area contributed by atoms with E-state index in [2.05, 4.69) is 0 Å². The summed E-state index contributed by atoms with van der Waals surface area (Å²) in [6.45, 7) is 1.96. The first-order chi connectivity index (χ1) is 5.00. The number of hydrogen-bond donors (Lipinski definition) is 1. The minimum Gasteiger partial charge on any atom is -0.465 e. The van der Waals surface area contributed by atoms with Gasteiger partial charge in [-0.05, 0) is 20.5 Å². The Hall–Kier alpha value is -0.770. The van der Waals surface area contributed by atoms with Gasteiger partial charge >= 0.3 is 6.09 Å². The molecule has 0 fully saturated rings. The average Bonchev–Trinajstić information content (AvgIpc) is 1.88. The van der Waals surface area contributed by atoms with Crippen LogP contribution in [0.4, 0.5) is 4.79 Å². The van der Waals surface area contributed by atoms with Crippen molar-refractivity contribution in [3.05, 3.63) is 0 Å². The molecule has 0 bridgehead atoms. The monoisotopic (exact) mass is 160 g/mol. The van der Waals surface area contributed by atoms with Gasteiger partial charge in [-0.1, -0.05) is 6.92 Å². The summed E-state index contributed by atoms with van der Waals surface area (Å²) in [6.07, 6.45) is -0.103. The van der Waals surface area contributed by atoms with Crippen molar-refractivity contribution >= 4 is 6.09 Å². The van der Waals surface area contributed by atoms with E-state index in [9.17, 15) is 4.79 Å². The Kier molecular flexibility index (Phi) is 3.89. The highest BCUT2D eigenvalue weighted by molar-refractivity contribution is 5.64. The van der Waals surface area contributed by atoms with E-state index in [-0.39, 0.29) is 6.17 Å². The largest absolute Gasteiger partial charge is 0.465 e. The Morgan fingerprint density at radius 2 is 1.91 bits per heavy atom. The van der Waals surface area contributed by atoms with Gasteiger partial charge in [0.15, 0.2) is 0 Å². The maximum atomic E-state index is 10.5. The van der Waals surface area contributed by atoms with Gasteiger partial charge in [-0.15, -0.1) is 0 Å². The Balaban J connectivity index is 4.13. The molecule has 1 unspecified atom stereocenters. The van der Waals surface area contributed by atoms with Crippen LogP contribution >= 0.6 is 0 Å². The SMILES string of the molecule is CCC(N(C)C)N(C)C(=O)O. The molecule has 0 aromatic carbocycles. The van der Waals surface area contributed by atoms with Crippen molar-refractivity contribution in [2.45, 2.75) is 19.5 Å². The van der Waals surface area contributed by atoms with Crippen LogP contribution < -0.4 is 0 Å². The van der Waals surface area contributed by atoms with E-state index in [1.807, 2.05) is 25.9 Å². The molecule has 0 saturated carbocycles. The molecule has 4 nitrogen and oxygen atoms in total. The Morgan fingerprint density at radius 1 is 1.45 bits per heavy atom. The zero-order chi connectivity index (χ0) is 9.02. The lowest BCUT2D eigenvalue weighted by molar-refractivity contribution is 0.0845. The highest BCUT2D eigenvalue weighted by Gasteiger charge is 2.18. The van der Waals surface area contributed by atoms with Gasteiger partial charge in [0, 0.05) is 7.05 Å². The van der Waals surface area contributed by atoms with E-state index in [0.717, 1.165) is 6.42 Å². The summed E-state index contributed by atoms with van der Waals surface area (Å²) in [5, 5.41) is 8.63. The van der Waals surface area contributed by atoms with Crippen molar-refractivity contribution in [3.8, 4) is 0 Å².